The number of carbonyl (C=O) groups is 1. The summed E-state index contributed by atoms with van der Waals surface area (Å²) in [6.45, 7) is 5.67. The van der Waals surface area contributed by atoms with Crippen LogP contribution >= 0.6 is 0 Å². The van der Waals surface area contributed by atoms with Gasteiger partial charge in [-0.1, -0.05) is 37.3 Å². The largest absolute Gasteiger partial charge is 0.463 e. The number of dihydropyridines is 1. The van der Waals surface area contributed by atoms with Crippen LogP contribution in [0.15, 0.2) is 71.3 Å². The Balaban J connectivity index is 1.52. The van der Waals surface area contributed by atoms with Gasteiger partial charge in [0, 0.05) is 45.2 Å². The molecular formula is C30H38F6N4O2. The van der Waals surface area contributed by atoms with Crippen LogP contribution in [0, 0.1) is 5.92 Å². The third kappa shape index (κ3) is 7.43. The smallest absolute Gasteiger partial charge is 0.416 e. The van der Waals surface area contributed by atoms with Crippen molar-refractivity contribution in [1.29, 1.82) is 0 Å². The third-order valence-electron chi connectivity index (χ3n) is 7.86. The first-order chi connectivity index (χ1) is 19.8. The Morgan fingerprint density at radius 2 is 1.98 bits per heavy atom. The Morgan fingerprint density at radius 1 is 1.19 bits per heavy atom. The molecular weight excluding hydrogens is 562 g/mol. The predicted molar refractivity (Wildman–Crippen MR) is 148 cm³/mol. The monoisotopic (exact) mass is 600 g/mol. The Kier molecular flexibility index (Phi) is 9.84. The molecule has 12 heteroatoms. The van der Waals surface area contributed by atoms with Gasteiger partial charge in [0.05, 0.1) is 11.5 Å². The van der Waals surface area contributed by atoms with E-state index in [0.717, 1.165) is 30.9 Å². The van der Waals surface area contributed by atoms with Gasteiger partial charge >= 0.3 is 12.4 Å². The minimum atomic E-state index is -4.54. The number of likely N-dealkylation sites (tertiary alicyclic amines) is 1. The van der Waals surface area contributed by atoms with Crippen molar-refractivity contribution in [1.82, 2.24) is 20.4 Å². The summed E-state index contributed by atoms with van der Waals surface area (Å²) in [4.78, 5) is 17.4. The van der Waals surface area contributed by atoms with Crippen LogP contribution in [0.5, 0.6) is 0 Å². The van der Waals surface area contributed by atoms with Crippen molar-refractivity contribution >= 4 is 5.91 Å². The van der Waals surface area contributed by atoms with Crippen molar-refractivity contribution in [3.63, 3.8) is 0 Å². The molecule has 1 saturated heterocycles. The Bertz CT molecular complexity index is 1180. The molecule has 0 spiro atoms. The number of allylic oxidation sites excluding steroid dienone is 8. The molecule has 4 rings (SSSR count). The van der Waals surface area contributed by atoms with Gasteiger partial charge in [0.2, 0.25) is 5.72 Å². The number of hydrogen-bond donors (Lipinski definition) is 2. The lowest BCUT2D eigenvalue weighted by molar-refractivity contribution is -0.199. The topological polar surface area (TPSA) is 56.8 Å². The second kappa shape index (κ2) is 13.0. The molecule has 4 aliphatic rings. The summed E-state index contributed by atoms with van der Waals surface area (Å²) in [5.74, 6) is -1.18. The van der Waals surface area contributed by atoms with E-state index in [9.17, 15) is 31.1 Å². The maximum atomic E-state index is 13.7. The zero-order chi connectivity index (χ0) is 30.5. The fourth-order valence-electron chi connectivity index (χ4n) is 5.52. The molecule has 1 amide bonds. The van der Waals surface area contributed by atoms with Crippen molar-refractivity contribution < 1.29 is 35.9 Å². The van der Waals surface area contributed by atoms with Crippen molar-refractivity contribution in [3.05, 3.63) is 71.3 Å². The van der Waals surface area contributed by atoms with Crippen LogP contribution in [-0.4, -0.2) is 72.6 Å². The van der Waals surface area contributed by atoms with E-state index >= 15 is 0 Å². The van der Waals surface area contributed by atoms with Gasteiger partial charge in [0.15, 0.2) is 0 Å². The second-order valence-electron chi connectivity index (χ2n) is 11.0. The second-order valence-corrected chi connectivity index (χ2v) is 11.0. The molecule has 0 aromatic rings. The van der Waals surface area contributed by atoms with Crippen molar-refractivity contribution in [3.8, 4) is 0 Å². The SMILES string of the molecule is CCCN(CCNC(=O)C1(OC2=CCC(C(F)(F)F)C=C2)CCN1CC1=C(C(F)(F)F)C=CCC1)C1=CC=CC(C)N1. The van der Waals surface area contributed by atoms with E-state index in [4.69, 9.17) is 4.74 Å². The summed E-state index contributed by atoms with van der Waals surface area (Å²) in [6.07, 6.45) is 4.34. The summed E-state index contributed by atoms with van der Waals surface area (Å²) < 4.78 is 86.8. The molecule has 2 N–H and O–H groups in total. The number of halogens is 6. The molecule has 1 fully saturated rings. The number of alkyl halides is 6. The van der Waals surface area contributed by atoms with Crippen LogP contribution in [0.2, 0.25) is 0 Å². The molecule has 2 heterocycles. The lowest BCUT2D eigenvalue weighted by atomic mass is 9.91. The number of nitrogens with one attached hydrogen (secondary N) is 2. The summed E-state index contributed by atoms with van der Waals surface area (Å²) in [5, 5.41) is 6.28. The Morgan fingerprint density at radius 3 is 2.57 bits per heavy atom. The molecule has 42 heavy (non-hydrogen) atoms. The molecule has 3 unspecified atom stereocenters. The van der Waals surface area contributed by atoms with Gasteiger partial charge in [-0.15, -0.1) is 0 Å². The number of amides is 1. The molecule has 232 valence electrons. The molecule has 0 aromatic carbocycles. The number of ether oxygens (including phenoxy) is 1. The highest BCUT2D eigenvalue weighted by molar-refractivity contribution is 5.86. The highest BCUT2D eigenvalue weighted by atomic mass is 19.4. The average molecular weight is 601 g/mol. The first kappa shape index (κ1) is 31.8. The molecule has 2 aliphatic carbocycles. The predicted octanol–water partition coefficient (Wildman–Crippen LogP) is 5.85. The van der Waals surface area contributed by atoms with E-state index in [1.165, 1.54) is 18.2 Å². The van der Waals surface area contributed by atoms with E-state index < -0.39 is 35.5 Å². The van der Waals surface area contributed by atoms with Crippen LogP contribution in [0.25, 0.3) is 0 Å². The first-order valence-electron chi connectivity index (χ1n) is 14.4. The molecule has 6 nitrogen and oxygen atoms in total. The van der Waals surface area contributed by atoms with E-state index in [2.05, 4.69) is 15.5 Å². The van der Waals surface area contributed by atoms with Crippen LogP contribution in [-0.2, 0) is 9.53 Å². The van der Waals surface area contributed by atoms with Crippen LogP contribution in [0.4, 0.5) is 26.3 Å². The summed E-state index contributed by atoms with van der Waals surface area (Å²) in [5.41, 5.74) is -2.21. The van der Waals surface area contributed by atoms with Gasteiger partial charge in [-0.2, -0.15) is 26.3 Å². The fraction of sp³-hybridized carbons (Fsp3) is 0.567. The van der Waals surface area contributed by atoms with E-state index in [-0.39, 0.29) is 49.7 Å². The molecule has 0 radical (unpaired) electrons. The molecule has 2 aliphatic heterocycles. The highest BCUT2D eigenvalue weighted by Gasteiger charge is 2.54. The third-order valence-corrected chi connectivity index (χ3v) is 7.86. The minimum Gasteiger partial charge on any atom is -0.463 e. The first-order valence-corrected chi connectivity index (χ1v) is 14.4. The lowest BCUT2D eigenvalue weighted by Crippen LogP contribution is -2.69. The van der Waals surface area contributed by atoms with Gasteiger partial charge in [0.25, 0.3) is 5.91 Å². The van der Waals surface area contributed by atoms with E-state index in [0.29, 0.717) is 19.5 Å². The van der Waals surface area contributed by atoms with Crippen molar-refractivity contribution in [2.45, 2.75) is 70.1 Å². The van der Waals surface area contributed by atoms with Gasteiger partial charge in [0.1, 0.15) is 11.6 Å². The number of nitrogens with zero attached hydrogens (tertiary/aromatic N) is 2. The molecule has 3 atom stereocenters. The average Bonchev–Trinajstić information content (AvgIpc) is 2.93. The van der Waals surface area contributed by atoms with Gasteiger partial charge in [-0.3, -0.25) is 9.69 Å². The lowest BCUT2D eigenvalue weighted by Gasteiger charge is -2.51. The van der Waals surface area contributed by atoms with Gasteiger partial charge in [-0.25, -0.2) is 0 Å². The molecule has 0 saturated carbocycles. The van der Waals surface area contributed by atoms with Crippen molar-refractivity contribution in [2.75, 3.05) is 32.7 Å². The summed E-state index contributed by atoms with van der Waals surface area (Å²) in [7, 11) is 0. The van der Waals surface area contributed by atoms with E-state index in [1.807, 2.05) is 32.1 Å². The van der Waals surface area contributed by atoms with Crippen LogP contribution < -0.4 is 10.6 Å². The fourth-order valence-corrected chi connectivity index (χ4v) is 5.52. The Labute approximate surface area is 242 Å². The maximum Gasteiger partial charge on any atom is 0.416 e. The highest BCUT2D eigenvalue weighted by Crippen LogP contribution is 2.41. The van der Waals surface area contributed by atoms with Crippen LogP contribution in [0.1, 0.15) is 46.0 Å². The number of carbonyl (C=O) groups excluding carboxylic acids is 1. The zero-order valence-electron chi connectivity index (χ0n) is 23.8. The van der Waals surface area contributed by atoms with E-state index in [1.54, 1.807) is 4.90 Å². The molecule has 0 bridgehead atoms. The number of hydrogen-bond acceptors (Lipinski definition) is 5. The van der Waals surface area contributed by atoms with Crippen molar-refractivity contribution in [2.24, 2.45) is 5.92 Å². The molecule has 0 aromatic heterocycles. The number of rotatable bonds is 11. The van der Waals surface area contributed by atoms with Gasteiger partial charge in [-0.05, 0) is 56.4 Å². The van der Waals surface area contributed by atoms with Crippen LogP contribution in [0.3, 0.4) is 0 Å². The normalized spacial score (nSPS) is 26.3. The zero-order valence-corrected chi connectivity index (χ0v) is 23.8. The standard InChI is InChI=1S/C30H38F6N4O2/c1-3-17-39(26-10-6-7-21(2)38-26)19-16-37-27(41)28(42-24-13-11-23(12-14-24)29(31,32)33)15-18-40(28)20-22-8-4-5-9-25(22)30(34,35)36/h5-7,9-11,13-14,21,23,38H,3-4,8,12,15-20H2,1-2H3,(H,37,41). The minimum absolute atomic E-state index is 0.0915. The summed E-state index contributed by atoms with van der Waals surface area (Å²) in [6, 6.07) is 0.151. The Hall–Kier alpha value is -3.15. The van der Waals surface area contributed by atoms with Gasteiger partial charge < -0.3 is 20.3 Å². The quantitative estimate of drug-likeness (QED) is 0.292. The summed E-state index contributed by atoms with van der Waals surface area (Å²) >= 11 is 0. The maximum absolute atomic E-state index is 13.7.